The summed E-state index contributed by atoms with van der Waals surface area (Å²) in [7, 11) is 0. The summed E-state index contributed by atoms with van der Waals surface area (Å²) in [5, 5.41) is 0. The monoisotopic (exact) mass is 276 g/mol. The van der Waals surface area contributed by atoms with Gasteiger partial charge in [-0.3, -0.25) is 4.79 Å². The van der Waals surface area contributed by atoms with E-state index in [0.717, 1.165) is 43.2 Å². The largest absolute Gasteiger partial charge is 0.293 e. The van der Waals surface area contributed by atoms with Crippen molar-refractivity contribution in [3.05, 3.63) is 34.6 Å². The first kappa shape index (κ1) is 15.2. The van der Waals surface area contributed by atoms with Crippen LogP contribution in [0.1, 0.15) is 67.4 Å². The summed E-state index contributed by atoms with van der Waals surface area (Å²) in [5.41, 5.74) is 1.66. The van der Waals surface area contributed by atoms with Crippen LogP contribution in [-0.2, 0) is 0 Å². The number of Topliss-reactive ketones (excluding diaryl/α,β-unsaturated/α-hetero) is 1. The summed E-state index contributed by atoms with van der Waals surface area (Å²) in [6, 6.07) is 3.40. The van der Waals surface area contributed by atoms with Gasteiger partial charge in [-0.15, -0.1) is 0 Å². The highest BCUT2D eigenvalue weighted by molar-refractivity contribution is 6.02. The lowest BCUT2D eigenvalue weighted by molar-refractivity contribution is 0.0754. The van der Waals surface area contributed by atoms with E-state index in [1.54, 1.807) is 0 Å². The van der Waals surface area contributed by atoms with Crippen LogP contribution in [0.25, 0.3) is 0 Å². The average molecular weight is 276 g/mol. The van der Waals surface area contributed by atoms with E-state index in [9.17, 15) is 9.18 Å². The van der Waals surface area contributed by atoms with Crippen LogP contribution in [0.15, 0.2) is 12.1 Å². The lowest BCUT2D eigenvalue weighted by Crippen LogP contribution is -2.31. The number of aryl methyl sites for hydroxylation is 2. The van der Waals surface area contributed by atoms with Gasteiger partial charge in [0, 0.05) is 5.41 Å². The molecular formula is C18H25FO. The van der Waals surface area contributed by atoms with E-state index < -0.39 is 0 Å². The molecule has 1 fully saturated rings. The molecule has 110 valence electrons. The summed E-state index contributed by atoms with van der Waals surface area (Å²) >= 11 is 0. The van der Waals surface area contributed by atoms with Gasteiger partial charge in [-0.25, -0.2) is 4.39 Å². The van der Waals surface area contributed by atoms with Crippen molar-refractivity contribution in [1.29, 1.82) is 0 Å². The molecule has 1 nitrogen and oxygen atoms in total. The number of carbonyl (C=O) groups is 1. The van der Waals surface area contributed by atoms with E-state index in [1.165, 1.54) is 6.07 Å². The highest BCUT2D eigenvalue weighted by Crippen LogP contribution is 2.46. The molecule has 0 amide bonds. The van der Waals surface area contributed by atoms with Crippen LogP contribution in [0.4, 0.5) is 4.39 Å². The molecule has 20 heavy (non-hydrogen) atoms. The molecule has 0 bridgehead atoms. The van der Waals surface area contributed by atoms with E-state index in [0.29, 0.717) is 11.5 Å². The zero-order chi connectivity index (χ0) is 14.9. The zero-order valence-electron chi connectivity index (χ0n) is 13.1. The molecule has 0 unspecified atom stereocenters. The number of benzene rings is 1. The van der Waals surface area contributed by atoms with Crippen LogP contribution in [-0.4, -0.2) is 5.78 Å². The molecule has 0 aromatic heterocycles. The molecule has 1 aromatic carbocycles. The summed E-state index contributed by atoms with van der Waals surface area (Å²) in [5.74, 6) is 0.159. The molecule has 1 saturated carbocycles. The van der Waals surface area contributed by atoms with E-state index in [2.05, 4.69) is 13.8 Å². The fraction of sp³-hybridized carbons (Fsp3) is 0.611. The molecule has 1 aromatic rings. The van der Waals surface area contributed by atoms with Crippen LogP contribution >= 0.6 is 0 Å². The minimum atomic E-state index is -0.345. The van der Waals surface area contributed by atoms with Crippen LogP contribution < -0.4 is 0 Å². The molecular weight excluding hydrogens is 251 g/mol. The minimum absolute atomic E-state index is 0.0405. The molecule has 0 atom stereocenters. The molecule has 1 aliphatic carbocycles. The highest BCUT2D eigenvalue weighted by atomic mass is 19.1. The zero-order valence-corrected chi connectivity index (χ0v) is 13.1. The van der Waals surface area contributed by atoms with Crippen LogP contribution in [0.3, 0.4) is 0 Å². The third-order valence-electron chi connectivity index (χ3n) is 4.50. The fourth-order valence-electron chi connectivity index (χ4n) is 3.83. The van der Waals surface area contributed by atoms with Crippen molar-refractivity contribution < 1.29 is 9.18 Å². The smallest absolute Gasteiger partial charge is 0.172 e. The molecule has 2 heteroatoms. The lowest BCUT2D eigenvalue weighted by atomic mass is 9.72. The Morgan fingerprint density at radius 1 is 1.25 bits per heavy atom. The maximum absolute atomic E-state index is 14.3. The number of rotatable bonds is 4. The Kier molecular flexibility index (Phi) is 4.31. The summed E-state index contributed by atoms with van der Waals surface area (Å²) in [6.07, 6.45) is 4.88. The van der Waals surface area contributed by atoms with Crippen molar-refractivity contribution in [2.24, 2.45) is 11.3 Å². The molecule has 0 saturated heterocycles. The van der Waals surface area contributed by atoms with Gasteiger partial charge in [0.1, 0.15) is 5.82 Å². The van der Waals surface area contributed by atoms with Gasteiger partial charge in [0.25, 0.3) is 0 Å². The van der Waals surface area contributed by atoms with E-state index >= 15 is 0 Å². The van der Waals surface area contributed by atoms with Gasteiger partial charge >= 0.3 is 0 Å². The first-order valence-corrected chi connectivity index (χ1v) is 7.67. The van der Waals surface area contributed by atoms with Crippen LogP contribution in [0, 0.1) is 31.0 Å². The Hall–Kier alpha value is -1.18. The van der Waals surface area contributed by atoms with Gasteiger partial charge < -0.3 is 0 Å². The summed E-state index contributed by atoms with van der Waals surface area (Å²) < 4.78 is 14.3. The first-order chi connectivity index (χ1) is 9.35. The topological polar surface area (TPSA) is 17.1 Å². The van der Waals surface area contributed by atoms with E-state index in [-0.39, 0.29) is 17.0 Å². The van der Waals surface area contributed by atoms with Crippen molar-refractivity contribution in [3.8, 4) is 0 Å². The fourth-order valence-corrected chi connectivity index (χ4v) is 3.83. The number of hydrogen-bond donors (Lipinski definition) is 0. The van der Waals surface area contributed by atoms with Gasteiger partial charge in [0.2, 0.25) is 0 Å². The van der Waals surface area contributed by atoms with Gasteiger partial charge in [0.05, 0.1) is 5.56 Å². The van der Waals surface area contributed by atoms with Crippen molar-refractivity contribution in [1.82, 2.24) is 0 Å². The van der Waals surface area contributed by atoms with Crippen molar-refractivity contribution >= 4 is 5.78 Å². The normalized spacial score (nSPS) is 17.7. The average Bonchev–Trinajstić information content (AvgIpc) is 2.76. The third-order valence-corrected chi connectivity index (χ3v) is 4.50. The maximum Gasteiger partial charge on any atom is 0.172 e. The van der Waals surface area contributed by atoms with Gasteiger partial charge in [-0.05, 0) is 56.2 Å². The third kappa shape index (κ3) is 2.79. The van der Waals surface area contributed by atoms with Gasteiger partial charge in [-0.1, -0.05) is 32.8 Å². The number of halogens is 1. The first-order valence-electron chi connectivity index (χ1n) is 7.67. The highest BCUT2D eigenvalue weighted by Gasteiger charge is 2.42. The van der Waals surface area contributed by atoms with Crippen molar-refractivity contribution in [2.75, 3.05) is 0 Å². The summed E-state index contributed by atoms with van der Waals surface area (Å²) in [4.78, 5) is 13.0. The standard InChI is InChI=1S/C18H25FO/c1-12(2)11-18(7-5-6-8-18)17(20)16-14(4)9-13(3)10-15(16)19/h9-10,12H,5-8,11H2,1-4H3. The minimum Gasteiger partial charge on any atom is -0.293 e. The van der Waals surface area contributed by atoms with Gasteiger partial charge in [0.15, 0.2) is 5.78 Å². The number of carbonyl (C=O) groups excluding carboxylic acids is 1. The Bertz CT molecular complexity index is 487. The lowest BCUT2D eigenvalue weighted by Gasteiger charge is -2.30. The quantitative estimate of drug-likeness (QED) is 0.688. The second kappa shape index (κ2) is 5.67. The van der Waals surface area contributed by atoms with Crippen LogP contribution in [0.5, 0.6) is 0 Å². The number of hydrogen-bond acceptors (Lipinski definition) is 1. The van der Waals surface area contributed by atoms with Crippen LogP contribution in [0.2, 0.25) is 0 Å². The predicted octanol–water partition coefficient (Wildman–Crippen LogP) is 5.23. The Labute approximate surface area is 121 Å². The summed E-state index contributed by atoms with van der Waals surface area (Å²) in [6.45, 7) is 8.00. The molecule has 0 aliphatic heterocycles. The Morgan fingerprint density at radius 3 is 2.35 bits per heavy atom. The van der Waals surface area contributed by atoms with Gasteiger partial charge in [-0.2, -0.15) is 0 Å². The molecule has 2 rings (SSSR count). The van der Waals surface area contributed by atoms with E-state index in [4.69, 9.17) is 0 Å². The maximum atomic E-state index is 14.3. The number of ketones is 1. The Balaban J connectivity index is 2.43. The van der Waals surface area contributed by atoms with E-state index in [1.807, 2.05) is 19.9 Å². The SMILES string of the molecule is Cc1cc(C)c(C(=O)C2(CC(C)C)CCCC2)c(F)c1. The molecule has 0 radical (unpaired) electrons. The second-order valence-corrected chi connectivity index (χ2v) is 6.85. The molecule has 0 N–H and O–H groups in total. The molecule has 0 heterocycles. The van der Waals surface area contributed by atoms with Crippen molar-refractivity contribution in [3.63, 3.8) is 0 Å². The Morgan fingerprint density at radius 2 is 1.85 bits per heavy atom. The molecule has 1 aliphatic rings. The second-order valence-electron chi connectivity index (χ2n) is 6.85. The predicted molar refractivity (Wildman–Crippen MR) is 80.6 cm³/mol. The molecule has 0 spiro atoms. The van der Waals surface area contributed by atoms with Crippen molar-refractivity contribution in [2.45, 2.75) is 59.8 Å².